The number of rotatable bonds is 0. The van der Waals surface area contributed by atoms with Gasteiger partial charge in [-0.15, -0.1) is 0 Å². The molecule has 0 saturated heterocycles. The van der Waals surface area contributed by atoms with Crippen molar-refractivity contribution in [3.8, 4) is 5.75 Å². The minimum atomic E-state index is -1.12. The van der Waals surface area contributed by atoms with Gasteiger partial charge in [-0.3, -0.25) is 0 Å². The van der Waals surface area contributed by atoms with E-state index in [0.29, 0.717) is 17.2 Å². The lowest BCUT2D eigenvalue weighted by Crippen LogP contribution is -2.34. The van der Waals surface area contributed by atoms with Gasteiger partial charge in [-0.05, 0) is 34.5 Å². The minimum absolute atomic E-state index is 0.431. The number of hydrogen-bond donors (Lipinski definition) is 0. The summed E-state index contributed by atoms with van der Waals surface area (Å²) in [6.45, 7) is 0. The Balaban J connectivity index is 2.53. The summed E-state index contributed by atoms with van der Waals surface area (Å²) >= 11 is 9.35. The Labute approximate surface area is 92.7 Å². The molecular formula is C8H4B2BrClO. The molecule has 5 heteroatoms. The van der Waals surface area contributed by atoms with Crippen molar-refractivity contribution in [2.24, 2.45) is 0 Å². The van der Waals surface area contributed by atoms with Gasteiger partial charge in [0.15, 0.2) is 0 Å². The van der Waals surface area contributed by atoms with E-state index >= 15 is 0 Å². The van der Waals surface area contributed by atoms with Crippen molar-refractivity contribution in [2.75, 3.05) is 0 Å². The molecule has 1 aromatic rings. The molecule has 2 rings (SSSR count). The molecule has 0 aromatic heterocycles. The van der Waals surface area contributed by atoms with Crippen molar-refractivity contribution in [1.82, 2.24) is 0 Å². The smallest absolute Gasteiger partial charge is 0.122 e. The maximum absolute atomic E-state index is 6.03. The zero-order valence-corrected chi connectivity index (χ0v) is 9.02. The summed E-state index contributed by atoms with van der Waals surface area (Å²) in [5.41, 5.74) is 0.862. The Kier molecular flexibility index (Phi) is 2.16. The van der Waals surface area contributed by atoms with Crippen LogP contribution < -0.4 is 4.74 Å². The SMILES string of the molecule is [B]C1([B])Cc2c(ccc(Br)c2Cl)O1. The van der Waals surface area contributed by atoms with Gasteiger partial charge in [0.2, 0.25) is 0 Å². The van der Waals surface area contributed by atoms with E-state index in [4.69, 9.17) is 32.0 Å². The van der Waals surface area contributed by atoms with Crippen LogP contribution in [0.5, 0.6) is 5.75 Å². The number of fused-ring (bicyclic) bond motifs is 1. The molecule has 62 valence electrons. The maximum atomic E-state index is 6.03. The van der Waals surface area contributed by atoms with Crippen LogP contribution in [0.25, 0.3) is 0 Å². The Hall–Kier alpha value is -0.0801. The average molecular weight is 253 g/mol. The first-order valence-corrected chi connectivity index (χ1v) is 4.90. The molecule has 0 spiro atoms. The first-order chi connectivity index (χ1) is 5.99. The molecule has 1 nitrogen and oxygen atoms in total. The highest BCUT2D eigenvalue weighted by Gasteiger charge is 2.30. The van der Waals surface area contributed by atoms with E-state index < -0.39 is 5.40 Å². The molecule has 0 fully saturated rings. The van der Waals surface area contributed by atoms with Gasteiger partial charge in [-0.1, -0.05) is 11.6 Å². The van der Waals surface area contributed by atoms with E-state index in [1.807, 2.05) is 6.07 Å². The monoisotopic (exact) mass is 252 g/mol. The highest BCUT2D eigenvalue weighted by molar-refractivity contribution is 9.10. The highest BCUT2D eigenvalue weighted by atomic mass is 79.9. The van der Waals surface area contributed by atoms with E-state index in [-0.39, 0.29) is 0 Å². The molecule has 0 bridgehead atoms. The van der Waals surface area contributed by atoms with Crippen LogP contribution in [0.15, 0.2) is 16.6 Å². The Morgan fingerprint density at radius 1 is 1.46 bits per heavy atom. The summed E-state index contributed by atoms with van der Waals surface area (Å²) in [6, 6.07) is 3.61. The minimum Gasteiger partial charge on any atom is -0.506 e. The maximum Gasteiger partial charge on any atom is 0.122 e. The zero-order chi connectivity index (χ0) is 9.64. The van der Waals surface area contributed by atoms with Gasteiger partial charge in [0.25, 0.3) is 0 Å². The van der Waals surface area contributed by atoms with Crippen LogP contribution in [0.4, 0.5) is 0 Å². The predicted molar refractivity (Wildman–Crippen MR) is 57.7 cm³/mol. The fourth-order valence-corrected chi connectivity index (χ4v) is 1.95. The van der Waals surface area contributed by atoms with E-state index in [1.54, 1.807) is 6.07 Å². The third kappa shape index (κ3) is 1.62. The number of halogens is 2. The fourth-order valence-electron chi connectivity index (χ4n) is 1.35. The summed E-state index contributed by atoms with van der Waals surface area (Å²) in [6.07, 6.45) is 0.431. The molecule has 1 heterocycles. The molecule has 1 aromatic carbocycles. The molecule has 0 saturated carbocycles. The van der Waals surface area contributed by atoms with Crippen LogP contribution in [-0.4, -0.2) is 21.1 Å². The topological polar surface area (TPSA) is 9.23 Å². The second kappa shape index (κ2) is 2.96. The van der Waals surface area contributed by atoms with Crippen LogP contribution in [0.1, 0.15) is 5.56 Å². The summed E-state index contributed by atoms with van der Waals surface area (Å²) in [5.74, 6) is 0.665. The van der Waals surface area contributed by atoms with Crippen LogP contribution in [-0.2, 0) is 6.42 Å². The quantitative estimate of drug-likeness (QED) is 0.643. The Morgan fingerprint density at radius 3 is 2.85 bits per heavy atom. The van der Waals surface area contributed by atoms with E-state index in [1.165, 1.54) is 0 Å². The first-order valence-electron chi connectivity index (χ1n) is 3.73. The lowest BCUT2D eigenvalue weighted by atomic mass is 9.63. The lowest BCUT2D eigenvalue weighted by molar-refractivity contribution is 0.274. The summed E-state index contributed by atoms with van der Waals surface area (Å²) in [5, 5.41) is -0.498. The Bertz CT molecular complexity index is 367. The van der Waals surface area contributed by atoms with Gasteiger partial charge in [0.05, 0.1) is 5.02 Å². The van der Waals surface area contributed by atoms with Crippen LogP contribution in [0, 0.1) is 0 Å². The van der Waals surface area contributed by atoms with Crippen LogP contribution in [0.3, 0.4) is 0 Å². The second-order valence-corrected chi connectivity index (χ2v) is 4.30. The molecule has 1 aliphatic heterocycles. The molecule has 0 aliphatic carbocycles. The average Bonchev–Trinajstić information content (AvgIpc) is 2.34. The number of benzene rings is 1. The van der Waals surface area contributed by atoms with Gasteiger partial charge < -0.3 is 4.74 Å². The molecule has 0 amide bonds. The van der Waals surface area contributed by atoms with Crippen molar-refractivity contribution < 1.29 is 4.74 Å². The predicted octanol–water partition coefficient (Wildman–Crippen LogP) is 2.03. The molecule has 0 atom stereocenters. The van der Waals surface area contributed by atoms with Gasteiger partial charge in [-0.25, -0.2) is 0 Å². The van der Waals surface area contributed by atoms with E-state index in [0.717, 1.165) is 10.0 Å². The molecule has 1 aliphatic rings. The second-order valence-electron chi connectivity index (χ2n) is 3.07. The molecule has 4 radical (unpaired) electrons. The van der Waals surface area contributed by atoms with Crippen molar-refractivity contribution in [3.05, 3.63) is 27.2 Å². The Morgan fingerprint density at radius 2 is 2.15 bits per heavy atom. The van der Waals surface area contributed by atoms with Gasteiger partial charge in [-0.2, -0.15) is 0 Å². The van der Waals surface area contributed by atoms with Gasteiger partial charge in [0.1, 0.15) is 21.4 Å². The normalized spacial score (nSPS) is 18.0. The zero-order valence-electron chi connectivity index (χ0n) is 6.68. The number of ether oxygens (including phenoxy) is 1. The summed E-state index contributed by atoms with van der Waals surface area (Å²) in [4.78, 5) is 0. The third-order valence-electron chi connectivity index (χ3n) is 1.91. The first kappa shape index (κ1) is 9.47. The van der Waals surface area contributed by atoms with Crippen molar-refractivity contribution in [1.29, 1.82) is 0 Å². The van der Waals surface area contributed by atoms with Crippen molar-refractivity contribution in [2.45, 2.75) is 11.8 Å². The lowest BCUT2D eigenvalue weighted by Gasteiger charge is -2.18. The van der Waals surface area contributed by atoms with E-state index in [9.17, 15) is 0 Å². The third-order valence-corrected chi connectivity index (χ3v) is 3.23. The highest BCUT2D eigenvalue weighted by Crippen LogP contribution is 2.40. The largest absolute Gasteiger partial charge is 0.506 e. The molecule has 0 unspecified atom stereocenters. The van der Waals surface area contributed by atoms with E-state index in [2.05, 4.69) is 15.9 Å². The summed E-state index contributed by atoms with van der Waals surface area (Å²) < 4.78 is 6.11. The van der Waals surface area contributed by atoms with Crippen molar-refractivity contribution >= 4 is 43.2 Å². The fraction of sp³-hybridized carbons (Fsp3) is 0.250. The van der Waals surface area contributed by atoms with Crippen molar-refractivity contribution in [3.63, 3.8) is 0 Å². The number of hydrogen-bond acceptors (Lipinski definition) is 1. The molecule has 0 N–H and O–H groups in total. The standard InChI is InChI=1S/C8H4B2BrClO/c9-8(10)3-4-6(13-8)2-1-5(11)7(4)12/h1-2H,3H2. The van der Waals surface area contributed by atoms with Crippen LogP contribution in [0.2, 0.25) is 5.02 Å². The summed E-state index contributed by atoms with van der Waals surface area (Å²) in [7, 11) is 11.3. The van der Waals surface area contributed by atoms with Gasteiger partial charge >= 0.3 is 0 Å². The van der Waals surface area contributed by atoms with Gasteiger partial charge in [0, 0.05) is 15.4 Å². The molecule has 13 heavy (non-hydrogen) atoms. The molecular weight excluding hydrogens is 249 g/mol. The van der Waals surface area contributed by atoms with Crippen LogP contribution >= 0.6 is 27.5 Å².